The van der Waals surface area contributed by atoms with Crippen LogP contribution in [0.2, 0.25) is 0 Å². The van der Waals surface area contributed by atoms with Gasteiger partial charge in [-0.2, -0.15) is 0 Å². The van der Waals surface area contributed by atoms with Crippen LogP contribution in [0.3, 0.4) is 0 Å². The number of aryl methyl sites for hydroxylation is 2. The Morgan fingerprint density at radius 1 is 1.04 bits per heavy atom. The number of urea groups is 1. The van der Waals surface area contributed by atoms with Crippen molar-refractivity contribution in [3.8, 4) is 0 Å². The van der Waals surface area contributed by atoms with E-state index in [4.69, 9.17) is 0 Å². The van der Waals surface area contributed by atoms with E-state index in [-0.39, 0.29) is 11.6 Å². The number of para-hydroxylation sites is 1. The molecule has 0 bridgehead atoms. The third-order valence-electron chi connectivity index (χ3n) is 4.61. The lowest BCUT2D eigenvalue weighted by Crippen LogP contribution is -2.39. The lowest BCUT2D eigenvalue weighted by molar-refractivity contribution is 0.215. The van der Waals surface area contributed by atoms with Crippen molar-refractivity contribution < 1.29 is 4.79 Å². The van der Waals surface area contributed by atoms with Crippen molar-refractivity contribution in [3.63, 3.8) is 0 Å². The van der Waals surface area contributed by atoms with Crippen molar-refractivity contribution in [2.45, 2.75) is 13.3 Å². The highest BCUT2D eigenvalue weighted by Gasteiger charge is 2.20. The first kappa shape index (κ1) is 17.1. The molecule has 0 atom stereocenters. The molecule has 0 spiro atoms. The van der Waals surface area contributed by atoms with Gasteiger partial charge in [-0.3, -0.25) is 4.79 Å². The van der Waals surface area contributed by atoms with E-state index in [9.17, 15) is 9.59 Å². The average molecular weight is 340 g/mol. The molecule has 1 N–H and O–H groups in total. The van der Waals surface area contributed by atoms with Crippen molar-refractivity contribution in [1.82, 2.24) is 9.47 Å². The maximum Gasteiger partial charge on any atom is 0.322 e. The fourth-order valence-corrected chi connectivity index (χ4v) is 3.08. The highest BCUT2D eigenvalue weighted by atomic mass is 16.2. The molecule has 0 aliphatic carbocycles. The van der Waals surface area contributed by atoms with Gasteiger partial charge >= 0.3 is 6.03 Å². The van der Waals surface area contributed by atoms with Gasteiger partial charge in [0, 0.05) is 45.1 Å². The minimum absolute atomic E-state index is 0.186. The van der Waals surface area contributed by atoms with Crippen molar-refractivity contribution in [1.29, 1.82) is 0 Å². The van der Waals surface area contributed by atoms with E-state index in [1.54, 1.807) is 18.1 Å². The number of carbonyl (C=O) groups is 1. The quantitative estimate of drug-likeness (QED) is 0.913. The zero-order chi connectivity index (χ0) is 17.8. The van der Waals surface area contributed by atoms with E-state index >= 15 is 0 Å². The number of nitrogens with zero attached hydrogens (tertiary/aromatic N) is 3. The van der Waals surface area contributed by atoms with Gasteiger partial charge in [0.2, 0.25) is 0 Å². The van der Waals surface area contributed by atoms with E-state index in [1.165, 1.54) is 10.3 Å². The molecule has 6 heteroatoms. The third kappa shape index (κ3) is 3.84. The Kier molecular flexibility index (Phi) is 5.07. The number of pyridine rings is 1. The summed E-state index contributed by atoms with van der Waals surface area (Å²) in [5.74, 6) is 0. The molecule has 0 unspecified atom stereocenters. The Balaban J connectivity index is 1.68. The number of amides is 2. The van der Waals surface area contributed by atoms with Crippen LogP contribution in [-0.2, 0) is 7.05 Å². The fraction of sp³-hybridized carbons (Fsp3) is 0.368. The number of benzene rings is 1. The molecule has 1 saturated heterocycles. The zero-order valence-electron chi connectivity index (χ0n) is 14.7. The summed E-state index contributed by atoms with van der Waals surface area (Å²) >= 11 is 0. The second-order valence-corrected chi connectivity index (χ2v) is 6.38. The SMILES string of the molecule is Cc1ccn(C)c(=O)c1NC(=O)N1CCCN(c2ccccc2)CC1. The monoisotopic (exact) mass is 340 g/mol. The number of rotatable bonds is 2. The van der Waals surface area contributed by atoms with Crippen LogP contribution in [0.5, 0.6) is 0 Å². The summed E-state index contributed by atoms with van der Waals surface area (Å²) in [5, 5.41) is 2.81. The number of hydrogen-bond acceptors (Lipinski definition) is 3. The van der Waals surface area contributed by atoms with Gasteiger partial charge in [0.25, 0.3) is 5.56 Å². The normalized spacial score (nSPS) is 15.0. The summed E-state index contributed by atoms with van der Waals surface area (Å²) in [6, 6.07) is 11.9. The lowest BCUT2D eigenvalue weighted by Gasteiger charge is -2.24. The molecular weight excluding hydrogens is 316 g/mol. The first-order valence-electron chi connectivity index (χ1n) is 8.58. The molecule has 3 rings (SSSR count). The zero-order valence-corrected chi connectivity index (χ0v) is 14.7. The summed E-state index contributed by atoms with van der Waals surface area (Å²) in [6.45, 7) is 4.84. The summed E-state index contributed by atoms with van der Waals surface area (Å²) in [6.07, 6.45) is 2.60. The molecule has 1 fully saturated rings. The van der Waals surface area contributed by atoms with Crippen molar-refractivity contribution in [2.24, 2.45) is 7.05 Å². The molecular formula is C19H24N4O2. The molecule has 1 aliphatic heterocycles. The molecule has 1 aliphatic rings. The van der Waals surface area contributed by atoms with Gasteiger partial charge in [0.05, 0.1) is 0 Å². The summed E-state index contributed by atoms with van der Waals surface area (Å²) in [5.41, 5.74) is 2.13. The van der Waals surface area contributed by atoms with E-state index in [0.29, 0.717) is 18.8 Å². The Hall–Kier alpha value is -2.76. The van der Waals surface area contributed by atoms with Gasteiger partial charge in [-0.15, -0.1) is 0 Å². The van der Waals surface area contributed by atoms with E-state index in [0.717, 1.165) is 25.1 Å². The highest BCUT2D eigenvalue weighted by Crippen LogP contribution is 2.16. The van der Waals surface area contributed by atoms with Crippen LogP contribution >= 0.6 is 0 Å². The topological polar surface area (TPSA) is 57.6 Å². The van der Waals surface area contributed by atoms with Gasteiger partial charge in [-0.1, -0.05) is 18.2 Å². The second kappa shape index (κ2) is 7.42. The van der Waals surface area contributed by atoms with Crippen LogP contribution in [0.25, 0.3) is 0 Å². The van der Waals surface area contributed by atoms with Crippen LogP contribution < -0.4 is 15.8 Å². The molecule has 2 amide bonds. The Morgan fingerprint density at radius 2 is 1.80 bits per heavy atom. The van der Waals surface area contributed by atoms with Gasteiger partial charge in [0.1, 0.15) is 5.69 Å². The van der Waals surface area contributed by atoms with Crippen molar-refractivity contribution in [3.05, 3.63) is 58.5 Å². The van der Waals surface area contributed by atoms with E-state index < -0.39 is 0 Å². The van der Waals surface area contributed by atoms with Crippen molar-refractivity contribution in [2.75, 3.05) is 36.4 Å². The van der Waals surface area contributed by atoms with Crippen LogP contribution in [-0.4, -0.2) is 41.7 Å². The molecule has 132 valence electrons. The van der Waals surface area contributed by atoms with Gasteiger partial charge < -0.3 is 19.7 Å². The minimum atomic E-state index is -0.207. The average Bonchev–Trinajstić information content (AvgIpc) is 2.89. The second-order valence-electron chi connectivity index (χ2n) is 6.38. The molecule has 6 nitrogen and oxygen atoms in total. The van der Waals surface area contributed by atoms with Crippen LogP contribution in [0.15, 0.2) is 47.4 Å². The molecule has 2 heterocycles. The third-order valence-corrected chi connectivity index (χ3v) is 4.61. The van der Waals surface area contributed by atoms with Gasteiger partial charge in [-0.05, 0) is 37.1 Å². The Bertz CT molecular complexity index is 801. The van der Waals surface area contributed by atoms with Crippen LogP contribution in [0.4, 0.5) is 16.2 Å². The number of anilines is 2. The molecule has 1 aromatic carbocycles. The maximum atomic E-state index is 12.6. The van der Waals surface area contributed by atoms with Crippen LogP contribution in [0.1, 0.15) is 12.0 Å². The highest BCUT2D eigenvalue weighted by molar-refractivity contribution is 5.90. The predicted molar refractivity (Wildman–Crippen MR) is 100 cm³/mol. The summed E-state index contributed by atoms with van der Waals surface area (Å²) in [4.78, 5) is 28.9. The van der Waals surface area contributed by atoms with Crippen molar-refractivity contribution >= 4 is 17.4 Å². The van der Waals surface area contributed by atoms with E-state index in [1.807, 2.05) is 31.2 Å². The first-order valence-corrected chi connectivity index (χ1v) is 8.58. The maximum absolute atomic E-state index is 12.6. The fourth-order valence-electron chi connectivity index (χ4n) is 3.08. The first-order chi connectivity index (χ1) is 12.1. The smallest absolute Gasteiger partial charge is 0.322 e. The lowest BCUT2D eigenvalue weighted by atomic mass is 10.2. The number of carbonyl (C=O) groups excluding carboxylic acids is 1. The summed E-state index contributed by atoms with van der Waals surface area (Å²) in [7, 11) is 1.68. The Labute approximate surface area is 147 Å². The van der Waals surface area contributed by atoms with Gasteiger partial charge in [-0.25, -0.2) is 4.79 Å². The standard InChI is InChI=1S/C19H24N4O2/c1-15-9-12-21(2)18(24)17(15)20-19(25)23-11-6-10-22(13-14-23)16-7-4-3-5-8-16/h3-5,7-9,12H,6,10-11,13-14H2,1-2H3,(H,20,25). The largest absolute Gasteiger partial charge is 0.370 e. The molecule has 0 saturated carbocycles. The molecule has 25 heavy (non-hydrogen) atoms. The predicted octanol–water partition coefficient (Wildman–Crippen LogP) is 2.44. The molecule has 1 aromatic heterocycles. The van der Waals surface area contributed by atoms with Crippen LogP contribution in [0, 0.1) is 6.92 Å². The van der Waals surface area contributed by atoms with Gasteiger partial charge in [0.15, 0.2) is 0 Å². The summed E-state index contributed by atoms with van der Waals surface area (Å²) < 4.78 is 1.47. The number of nitrogens with one attached hydrogen (secondary N) is 1. The Morgan fingerprint density at radius 3 is 2.56 bits per heavy atom. The minimum Gasteiger partial charge on any atom is -0.370 e. The molecule has 2 aromatic rings. The number of aromatic nitrogens is 1. The van der Waals surface area contributed by atoms with E-state index in [2.05, 4.69) is 22.3 Å². The number of hydrogen-bond donors (Lipinski definition) is 1. The molecule has 0 radical (unpaired) electrons.